The largest absolute Gasteiger partial charge is 0.485 e. The third kappa shape index (κ3) is 5.97. The van der Waals surface area contributed by atoms with Crippen molar-refractivity contribution in [3.63, 3.8) is 0 Å². The second-order valence-electron chi connectivity index (χ2n) is 6.39. The Labute approximate surface area is 170 Å². The highest BCUT2D eigenvalue weighted by Gasteiger charge is 2.29. The van der Waals surface area contributed by atoms with Crippen molar-refractivity contribution in [2.45, 2.75) is 19.7 Å². The van der Waals surface area contributed by atoms with Gasteiger partial charge in [0.05, 0.1) is 11.8 Å². The van der Waals surface area contributed by atoms with Crippen LogP contribution in [0.25, 0.3) is 0 Å². The first-order valence-electron chi connectivity index (χ1n) is 8.95. The Hall–Kier alpha value is -3.55. The molecule has 0 aliphatic rings. The molecule has 0 saturated heterocycles. The van der Waals surface area contributed by atoms with Crippen LogP contribution in [0.15, 0.2) is 70.2 Å². The number of alkyl halides is 3. The van der Waals surface area contributed by atoms with Crippen LogP contribution in [0.3, 0.4) is 0 Å². The molecule has 0 unspecified atom stereocenters. The highest BCUT2D eigenvalue weighted by atomic mass is 19.4. The summed E-state index contributed by atoms with van der Waals surface area (Å²) in [5.41, 5.74) is 0.584. The molecule has 0 atom stereocenters. The van der Waals surface area contributed by atoms with Gasteiger partial charge in [0.15, 0.2) is 12.4 Å². The minimum atomic E-state index is -4.36. The highest BCUT2D eigenvalue weighted by molar-refractivity contribution is 5.94. The number of ether oxygens (including phenoxy) is 1. The molecule has 0 amide bonds. The molecule has 0 radical (unpaired) electrons. The van der Waals surface area contributed by atoms with Crippen molar-refractivity contribution in [2.75, 3.05) is 6.61 Å². The van der Waals surface area contributed by atoms with Crippen LogP contribution in [0.2, 0.25) is 0 Å². The second kappa shape index (κ2) is 9.30. The number of hydrogen-bond acceptors (Lipinski definition) is 5. The topological polar surface area (TPSA) is 61.0 Å². The number of ketones is 1. The van der Waals surface area contributed by atoms with Gasteiger partial charge in [-0.1, -0.05) is 17.3 Å². The first kappa shape index (κ1) is 21.2. The zero-order valence-corrected chi connectivity index (χ0v) is 16.0. The summed E-state index contributed by atoms with van der Waals surface area (Å²) >= 11 is 0. The van der Waals surface area contributed by atoms with Gasteiger partial charge in [-0.3, -0.25) is 4.79 Å². The lowest BCUT2D eigenvalue weighted by atomic mass is 10.1. The normalized spacial score (nSPS) is 11.6. The monoisotopic (exact) mass is 417 g/mol. The van der Waals surface area contributed by atoms with E-state index in [4.69, 9.17) is 14.0 Å². The van der Waals surface area contributed by atoms with E-state index in [0.29, 0.717) is 17.1 Å². The molecule has 0 saturated carbocycles. The molecule has 1 aromatic heterocycles. The van der Waals surface area contributed by atoms with Gasteiger partial charge >= 0.3 is 6.18 Å². The van der Waals surface area contributed by atoms with E-state index in [1.807, 2.05) is 0 Å². The van der Waals surface area contributed by atoms with Crippen molar-refractivity contribution >= 4 is 12.0 Å². The fourth-order valence-electron chi connectivity index (χ4n) is 2.45. The summed E-state index contributed by atoms with van der Waals surface area (Å²) in [5.74, 6) is 1.16. The molecule has 8 heteroatoms. The van der Waals surface area contributed by atoms with Crippen molar-refractivity contribution in [2.24, 2.45) is 5.16 Å². The number of oxime groups is 1. The van der Waals surface area contributed by atoms with Gasteiger partial charge in [0.2, 0.25) is 5.78 Å². The smallest absolute Gasteiger partial charge is 0.416 e. The maximum atomic E-state index is 12.5. The van der Waals surface area contributed by atoms with Crippen LogP contribution in [-0.2, 0) is 17.6 Å². The molecule has 0 aliphatic carbocycles. The predicted octanol–water partition coefficient (Wildman–Crippen LogP) is 5.42. The predicted molar refractivity (Wildman–Crippen MR) is 104 cm³/mol. The van der Waals surface area contributed by atoms with Crippen LogP contribution < -0.4 is 4.74 Å². The van der Waals surface area contributed by atoms with Gasteiger partial charge in [-0.15, -0.1) is 0 Å². The SMILES string of the molecule is Cc1ccc(C(=O)COc2ccc(C=NOCc3ccc(C(F)(F)F)cc3)cc2)o1. The van der Waals surface area contributed by atoms with E-state index in [1.165, 1.54) is 18.3 Å². The van der Waals surface area contributed by atoms with Gasteiger partial charge in [-0.05, 0) is 66.6 Å². The molecule has 3 aromatic rings. The molecule has 0 spiro atoms. The van der Waals surface area contributed by atoms with Crippen LogP contribution in [0.4, 0.5) is 13.2 Å². The number of carbonyl (C=O) groups is 1. The number of halogens is 3. The molecule has 30 heavy (non-hydrogen) atoms. The lowest BCUT2D eigenvalue weighted by molar-refractivity contribution is -0.137. The zero-order valence-electron chi connectivity index (χ0n) is 16.0. The van der Waals surface area contributed by atoms with Crippen LogP contribution in [0.1, 0.15) is 33.0 Å². The Kier molecular flexibility index (Phi) is 6.56. The average Bonchev–Trinajstić information content (AvgIpc) is 3.16. The summed E-state index contributed by atoms with van der Waals surface area (Å²) in [4.78, 5) is 17.1. The first-order valence-corrected chi connectivity index (χ1v) is 8.95. The molecular weight excluding hydrogens is 399 g/mol. The number of Topliss-reactive ketones (excluding diaryl/α,β-unsaturated/α-hetero) is 1. The van der Waals surface area contributed by atoms with Crippen LogP contribution in [0, 0.1) is 6.92 Å². The first-order chi connectivity index (χ1) is 14.3. The third-order valence-electron chi connectivity index (χ3n) is 4.05. The average molecular weight is 417 g/mol. The van der Waals surface area contributed by atoms with Crippen molar-refractivity contribution in [1.82, 2.24) is 0 Å². The van der Waals surface area contributed by atoms with E-state index < -0.39 is 11.7 Å². The van der Waals surface area contributed by atoms with Gasteiger partial charge in [0.1, 0.15) is 18.1 Å². The molecule has 2 aromatic carbocycles. The van der Waals surface area contributed by atoms with Gasteiger partial charge in [-0.2, -0.15) is 13.2 Å². The lowest BCUT2D eigenvalue weighted by Crippen LogP contribution is -2.10. The fraction of sp³-hybridized carbons (Fsp3) is 0.182. The van der Waals surface area contributed by atoms with Crippen molar-refractivity contribution < 1.29 is 32.0 Å². The number of aryl methyl sites for hydroxylation is 1. The number of nitrogens with zero attached hydrogens (tertiary/aromatic N) is 1. The molecule has 1 heterocycles. The molecule has 3 rings (SSSR count). The molecule has 0 aliphatic heterocycles. The summed E-state index contributed by atoms with van der Waals surface area (Å²) in [6, 6.07) is 14.8. The minimum Gasteiger partial charge on any atom is -0.485 e. The lowest BCUT2D eigenvalue weighted by Gasteiger charge is -2.07. The van der Waals surface area contributed by atoms with Gasteiger partial charge in [0.25, 0.3) is 0 Å². The minimum absolute atomic E-state index is 0.0458. The Bertz CT molecular complexity index is 1010. The van der Waals surface area contributed by atoms with Crippen molar-refractivity contribution in [3.8, 4) is 5.75 Å². The number of hydrogen-bond donors (Lipinski definition) is 0. The van der Waals surface area contributed by atoms with Gasteiger partial charge in [-0.25, -0.2) is 0 Å². The molecule has 0 N–H and O–H groups in total. The molecule has 156 valence electrons. The molecule has 0 fully saturated rings. The van der Waals surface area contributed by atoms with Crippen LogP contribution in [-0.4, -0.2) is 18.6 Å². The second-order valence-corrected chi connectivity index (χ2v) is 6.39. The summed E-state index contributed by atoms with van der Waals surface area (Å²) in [7, 11) is 0. The Morgan fingerprint density at radius 2 is 1.73 bits per heavy atom. The Balaban J connectivity index is 1.44. The van der Waals surface area contributed by atoms with E-state index in [0.717, 1.165) is 17.7 Å². The quantitative estimate of drug-likeness (QED) is 0.279. The molecule has 5 nitrogen and oxygen atoms in total. The molecular formula is C22H18F3NO4. The van der Waals surface area contributed by atoms with Gasteiger partial charge in [0, 0.05) is 0 Å². The number of benzene rings is 2. The van der Waals surface area contributed by atoms with E-state index >= 15 is 0 Å². The highest BCUT2D eigenvalue weighted by Crippen LogP contribution is 2.29. The van der Waals surface area contributed by atoms with Crippen molar-refractivity contribution in [1.29, 1.82) is 0 Å². The number of carbonyl (C=O) groups excluding carboxylic acids is 1. The summed E-state index contributed by atoms with van der Waals surface area (Å²) in [6.45, 7) is 1.66. The van der Waals surface area contributed by atoms with Crippen molar-refractivity contribution in [3.05, 3.63) is 88.9 Å². The fourth-order valence-corrected chi connectivity index (χ4v) is 2.45. The van der Waals surface area contributed by atoms with Crippen LogP contribution >= 0.6 is 0 Å². The maximum Gasteiger partial charge on any atom is 0.416 e. The van der Waals surface area contributed by atoms with Crippen LogP contribution in [0.5, 0.6) is 5.75 Å². The zero-order chi connectivity index (χ0) is 21.6. The number of furan rings is 1. The molecule has 0 bridgehead atoms. The summed E-state index contributed by atoms with van der Waals surface area (Å²) < 4.78 is 48.3. The van der Waals surface area contributed by atoms with E-state index in [9.17, 15) is 18.0 Å². The third-order valence-corrected chi connectivity index (χ3v) is 4.05. The maximum absolute atomic E-state index is 12.5. The van der Waals surface area contributed by atoms with E-state index in [2.05, 4.69) is 5.16 Å². The Morgan fingerprint density at radius 3 is 2.33 bits per heavy atom. The standard InChI is InChI=1S/C22H18F3NO4/c1-15-2-11-21(30-15)20(27)14-28-19-9-5-16(6-10-19)12-26-29-13-17-3-7-18(8-4-17)22(23,24)25/h2-12H,13-14H2,1H3. The van der Waals surface area contributed by atoms with E-state index in [1.54, 1.807) is 43.3 Å². The van der Waals surface area contributed by atoms with Gasteiger partial charge < -0.3 is 14.0 Å². The Morgan fingerprint density at radius 1 is 1.03 bits per heavy atom. The number of rotatable bonds is 8. The van der Waals surface area contributed by atoms with E-state index in [-0.39, 0.29) is 24.8 Å². The summed E-state index contributed by atoms with van der Waals surface area (Å²) in [5, 5.41) is 3.80. The summed E-state index contributed by atoms with van der Waals surface area (Å²) in [6.07, 6.45) is -2.90.